The maximum absolute atomic E-state index is 12.1. The van der Waals surface area contributed by atoms with Crippen LogP contribution in [0.4, 0.5) is 0 Å². The molecular formula is C20H15ClN2O4. The lowest BCUT2D eigenvalue weighted by atomic mass is 10.0. The molecule has 0 radical (unpaired) electrons. The Labute approximate surface area is 160 Å². The number of halogens is 1. The van der Waals surface area contributed by atoms with Crippen LogP contribution in [0.1, 0.15) is 22.8 Å². The maximum atomic E-state index is 12.1. The molecule has 0 saturated carbocycles. The maximum Gasteiger partial charge on any atom is 0.308 e. The highest BCUT2D eigenvalue weighted by Crippen LogP contribution is 2.28. The first-order valence-electron chi connectivity index (χ1n) is 7.98. The number of phenolic OH excluding ortho intramolecular Hbond substituents is 1. The summed E-state index contributed by atoms with van der Waals surface area (Å²) in [7, 11) is 0. The smallest absolute Gasteiger partial charge is 0.308 e. The van der Waals surface area contributed by atoms with Gasteiger partial charge in [0, 0.05) is 23.4 Å². The first-order chi connectivity index (χ1) is 13.0. The fraction of sp³-hybridized carbons (Fsp3) is 0.0500. The summed E-state index contributed by atoms with van der Waals surface area (Å²) in [4.78, 5) is 23.4. The van der Waals surface area contributed by atoms with Gasteiger partial charge in [0.1, 0.15) is 11.5 Å². The third kappa shape index (κ3) is 4.24. The monoisotopic (exact) mass is 382 g/mol. The quantitative estimate of drug-likeness (QED) is 0.310. The van der Waals surface area contributed by atoms with E-state index in [0.717, 1.165) is 16.3 Å². The van der Waals surface area contributed by atoms with Crippen molar-refractivity contribution in [3.05, 3.63) is 70.7 Å². The average molecular weight is 383 g/mol. The van der Waals surface area contributed by atoms with E-state index in [1.54, 1.807) is 12.1 Å². The molecule has 0 spiro atoms. The minimum Gasteiger partial charge on any atom is -0.506 e. The van der Waals surface area contributed by atoms with Crippen molar-refractivity contribution in [3.63, 3.8) is 0 Å². The van der Waals surface area contributed by atoms with Crippen LogP contribution >= 0.6 is 11.6 Å². The van der Waals surface area contributed by atoms with Crippen LogP contribution in [-0.4, -0.2) is 23.2 Å². The minimum atomic E-state index is -0.464. The Morgan fingerprint density at radius 2 is 1.85 bits per heavy atom. The van der Waals surface area contributed by atoms with Crippen molar-refractivity contribution in [2.24, 2.45) is 5.10 Å². The van der Waals surface area contributed by atoms with Crippen LogP contribution < -0.4 is 10.2 Å². The molecule has 3 rings (SSSR count). The first-order valence-corrected chi connectivity index (χ1v) is 8.35. The average Bonchev–Trinajstić information content (AvgIpc) is 2.65. The van der Waals surface area contributed by atoms with Crippen molar-refractivity contribution in [1.82, 2.24) is 5.43 Å². The highest BCUT2D eigenvalue weighted by molar-refractivity contribution is 6.32. The number of benzene rings is 3. The molecule has 0 atom stereocenters. The molecular weight excluding hydrogens is 368 g/mol. The van der Waals surface area contributed by atoms with Gasteiger partial charge in [-0.2, -0.15) is 5.10 Å². The van der Waals surface area contributed by atoms with E-state index in [-0.39, 0.29) is 16.3 Å². The number of esters is 1. The summed E-state index contributed by atoms with van der Waals surface area (Å²) < 4.78 is 5.22. The van der Waals surface area contributed by atoms with Crippen molar-refractivity contribution in [2.45, 2.75) is 6.92 Å². The molecule has 0 aliphatic heterocycles. The summed E-state index contributed by atoms with van der Waals surface area (Å²) in [6.07, 6.45) is 1.50. The number of nitrogens with zero attached hydrogens (tertiary/aromatic N) is 1. The number of amides is 1. The summed E-state index contributed by atoms with van der Waals surface area (Å²) in [6.45, 7) is 1.34. The van der Waals surface area contributed by atoms with E-state index < -0.39 is 11.9 Å². The zero-order valence-corrected chi connectivity index (χ0v) is 15.0. The van der Waals surface area contributed by atoms with E-state index in [1.807, 2.05) is 24.3 Å². The molecule has 1 amide bonds. The number of aromatic hydroxyl groups is 1. The van der Waals surface area contributed by atoms with Crippen molar-refractivity contribution >= 4 is 40.5 Å². The van der Waals surface area contributed by atoms with Gasteiger partial charge in [-0.05, 0) is 35.7 Å². The highest BCUT2D eigenvalue weighted by Gasteiger charge is 2.09. The van der Waals surface area contributed by atoms with E-state index >= 15 is 0 Å². The number of carbonyl (C=O) groups is 2. The standard InChI is InChI=1S/C20H15ClN2O4/c1-12(24)27-19-9-7-14(15-4-2-3-5-16(15)19)11-22-23-20(26)13-6-8-18(25)17(21)10-13/h2-11,25H,1H3,(H,23,26)/b22-11+. The number of hydrazone groups is 1. The van der Waals surface area contributed by atoms with Gasteiger partial charge in [0.15, 0.2) is 0 Å². The van der Waals surface area contributed by atoms with Gasteiger partial charge in [-0.25, -0.2) is 5.43 Å². The summed E-state index contributed by atoms with van der Waals surface area (Å²) in [5.41, 5.74) is 3.42. The number of hydrogen-bond donors (Lipinski definition) is 2. The molecule has 7 heteroatoms. The second-order valence-corrected chi connectivity index (χ2v) is 6.06. The number of phenols is 1. The van der Waals surface area contributed by atoms with Gasteiger partial charge in [0.05, 0.1) is 11.2 Å². The second kappa shape index (κ2) is 7.88. The van der Waals surface area contributed by atoms with Gasteiger partial charge in [-0.3, -0.25) is 9.59 Å². The Morgan fingerprint density at radius 1 is 1.11 bits per heavy atom. The van der Waals surface area contributed by atoms with E-state index in [0.29, 0.717) is 5.75 Å². The molecule has 3 aromatic carbocycles. The molecule has 0 heterocycles. The molecule has 0 aliphatic carbocycles. The number of carbonyl (C=O) groups excluding carboxylic acids is 2. The van der Waals surface area contributed by atoms with Gasteiger partial charge >= 0.3 is 5.97 Å². The van der Waals surface area contributed by atoms with Crippen LogP contribution in [0.15, 0.2) is 59.7 Å². The molecule has 0 saturated heterocycles. The fourth-order valence-corrected chi connectivity index (χ4v) is 2.70. The van der Waals surface area contributed by atoms with Gasteiger partial charge in [-0.15, -0.1) is 0 Å². The predicted molar refractivity (Wildman–Crippen MR) is 103 cm³/mol. The molecule has 0 bridgehead atoms. The number of rotatable bonds is 4. The molecule has 6 nitrogen and oxygen atoms in total. The number of nitrogens with one attached hydrogen (secondary N) is 1. The fourth-order valence-electron chi connectivity index (χ4n) is 2.52. The zero-order chi connectivity index (χ0) is 19.4. The zero-order valence-electron chi connectivity index (χ0n) is 14.3. The van der Waals surface area contributed by atoms with Gasteiger partial charge < -0.3 is 9.84 Å². The van der Waals surface area contributed by atoms with Crippen LogP contribution in [-0.2, 0) is 4.79 Å². The van der Waals surface area contributed by atoms with Crippen LogP contribution in [0.25, 0.3) is 10.8 Å². The summed E-state index contributed by atoms with van der Waals surface area (Å²) >= 11 is 5.80. The van der Waals surface area contributed by atoms with E-state index in [9.17, 15) is 14.7 Å². The number of ether oxygens (including phenoxy) is 1. The molecule has 0 fully saturated rings. The normalized spacial score (nSPS) is 10.9. The lowest BCUT2D eigenvalue weighted by Gasteiger charge is -2.08. The third-order valence-corrected chi connectivity index (χ3v) is 4.05. The van der Waals surface area contributed by atoms with Gasteiger partial charge in [0.2, 0.25) is 0 Å². The van der Waals surface area contributed by atoms with Crippen molar-refractivity contribution in [3.8, 4) is 11.5 Å². The molecule has 136 valence electrons. The number of hydrogen-bond acceptors (Lipinski definition) is 5. The van der Waals surface area contributed by atoms with Crippen LogP contribution in [0, 0.1) is 0 Å². The number of fused-ring (bicyclic) bond motifs is 1. The SMILES string of the molecule is CC(=O)Oc1ccc(/C=N/NC(=O)c2ccc(O)c(Cl)c2)c2ccccc12. The Kier molecular flexibility index (Phi) is 5.38. The van der Waals surface area contributed by atoms with Crippen LogP contribution in [0.5, 0.6) is 11.5 Å². The van der Waals surface area contributed by atoms with E-state index in [4.69, 9.17) is 16.3 Å². The Balaban J connectivity index is 1.83. The lowest BCUT2D eigenvalue weighted by Crippen LogP contribution is -2.17. The molecule has 27 heavy (non-hydrogen) atoms. The lowest BCUT2D eigenvalue weighted by molar-refractivity contribution is -0.131. The highest BCUT2D eigenvalue weighted by atomic mass is 35.5. The third-order valence-electron chi connectivity index (χ3n) is 3.75. The van der Waals surface area contributed by atoms with Crippen molar-refractivity contribution in [1.29, 1.82) is 0 Å². The van der Waals surface area contributed by atoms with Crippen molar-refractivity contribution in [2.75, 3.05) is 0 Å². The Hall–Kier alpha value is -3.38. The molecule has 0 aliphatic rings. The largest absolute Gasteiger partial charge is 0.506 e. The summed E-state index contributed by atoms with van der Waals surface area (Å²) in [5, 5.41) is 15.0. The minimum absolute atomic E-state index is 0.0821. The van der Waals surface area contributed by atoms with Gasteiger partial charge in [-0.1, -0.05) is 35.9 Å². The van der Waals surface area contributed by atoms with Crippen LogP contribution in [0.3, 0.4) is 0 Å². The van der Waals surface area contributed by atoms with Gasteiger partial charge in [0.25, 0.3) is 5.91 Å². The second-order valence-electron chi connectivity index (χ2n) is 5.66. The first kappa shape index (κ1) is 18.4. The van der Waals surface area contributed by atoms with E-state index in [2.05, 4.69) is 10.5 Å². The molecule has 0 aromatic heterocycles. The van der Waals surface area contributed by atoms with E-state index in [1.165, 1.54) is 31.3 Å². The molecule has 2 N–H and O–H groups in total. The Bertz CT molecular complexity index is 1060. The predicted octanol–water partition coefficient (Wildman–Crippen LogP) is 3.89. The van der Waals surface area contributed by atoms with Crippen LogP contribution in [0.2, 0.25) is 5.02 Å². The summed E-state index contributed by atoms with van der Waals surface area (Å²) in [5.74, 6) is -0.510. The summed E-state index contributed by atoms with van der Waals surface area (Å²) in [6, 6.07) is 14.9. The molecule has 0 unspecified atom stereocenters. The topological polar surface area (TPSA) is 88.0 Å². The Morgan fingerprint density at radius 3 is 2.56 bits per heavy atom. The molecule has 3 aromatic rings. The van der Waals surface area contributed by atoms with Crippen molar-refractivity contribution < 1.29 is 19.4 Å².